The lowest BCUT2D eigenvalue weighted by Gasteiger charge is -2.38. The molecule has 116 valence electrons. The van der Waals surface area contributed by atoms with E-state index in [1.807, 2.05) is 12.5 Å². The van der Waals surface area contributed by atoms with Gasteiger partial charge < -0.3 is 4.57 Å². The van der Waals surface area contributed by atoms with Crippen molar-refractivity contribution in [2.24, 2.45) is 5.92 Å². The first-order chi connectivity index (χ1) is 10.3. The van der Waals surface area contributed by atoms with Gasteiger partial charge in [-0.05, 0) is 38.6 Å². The largest absolute Gasteiger partial charge is 0.333 e. The molecule has 1 aliphatic carbocycles. The molecule has 1 aromatic rings. The van der Waals surface area contributed by atoms with Crippen molar-refractivity contribution < 1.29 is 4.79 Å². The maximum absolute atomic E-state index is 12.1. The van der Waals surface area contributed by atoms with Crippen LogP contribution in [0.3, 0.4) is 0 Å². The standard InChI is InChI=1S/C17H27N3O/c1-2-9-20-13-18-11-14(20)12-19-10-4-3-7-16(19)15-6-5-8-17(15)21/h11,13,15-16H,2-10,12H2,1H3. The first-order valence-corrected chi connectivity index (χ1v) is 8.55. The molecule has 2 fully saturated rings. The number of hydrogen-bond acceptors (Lipinski definition) is 3. The van der Waals surface area contributed by atoms with Crippen LogP contribution in [0.1, 0.15) is 57.6 Å². The lowest BCUT2D eigenvalue weighted by Crippen LogP contribution is -2.45. The van der Waals surface area contributed by atoms with Gasteiger partial charge in [0.2, 0.25) is 0 Å². The van der Waals surface area contributed by atoms with E-state index in [2.05, 4.69) is 21.4 Å². The third kappa shape index (κ3) is 3.20. The fourth-order valence-corrected chi connectivity index (χ4v) is 4.05. The van der Waals surface area contributed by atoms with Gasteiger partial charge in [0.25, 0.3) is 0 Å². The van der Waals surface area contributed by atoms with Crippen LogP contribution in [0.5, 0.6) is 0 Å². The molecule has 0 spiro atoms. The van der Waals surface area contributed by atoms with Gasteiger partial charge in [-0.25, -0.2) is 4.98 Å². The monoisotopic (exact) mass is 289 g/mol. The number of hydrogen-bond donors (Lipinski definition) is 0. The number of aromatic nitrogens is 2. The Bertz CT molecular complexity index is 482. The van der Waals surface area contributed by atoms with Gasteiger partial charge in [-0.2, -0.15) is 0 Å². The minimum atomic E-state index is 0.299. The zero-order valence-corrected chi connectivity index (χ0v) is 13.1. The molecule has 2 unspecified atom stereocenters. The number of nitrogens with zero attached hydrogens (tertiary/aromatic N) is 3. The van der Waals surface area contributed by atoms with Crippen molar-refractivity contribution in [3.8, 4) is 0 Å². The summed E-state index contributed by atoms with van der Waals surface area (Å²) in [7, 11) is 0. The van der Waals surface area contributed by atoms with E-state index in [0.717, 1.165) is 45.3 Å². The Balaban J connectivity index is 1.72. The third-order valence-corrected chi connectivity index (χ3v) is 5.11. The highest BCUT2D eigenvalue weighted by molar-refractivity contribution is 5.83. The molecule has 0 bridgehead atoms. The van der Waals surface area contributed by atoms with E-state index < -0.39 is 0 Å². The predicted molar refractivity (Wildman–Crippen MR) is 82.9 cm³/mol. The minimum Gasteiger partial charge on any atom is -0.333 e. The number of Topliss-reactive ketones (excluding diaryl/α,β-unsaturated/α-hetero) is 1. The zero-order valence-electron chi connectivity index (χ0n) is 13.1. The molecule has 2 atom stereocenters. The van der Waals surface area contributed by atoms with Crippen LogP contribution in [-0.2, 0) is 17.9 Å². The molecular weight excluding hydrogens is 262 g/mol. The summed E-state index contributed by atoms with van der Waals surface area (Å²) < 4.78 is 2.27. The van der Waals surface area contributed by atoms with Crippen molar-refractivity contribution in [2.75, 3.05) is 6.54 Å². The van der Waals surface area contributed by atoms with Crippen LogP contribution in [-0.4, -0.2) is 32.8 Å². The molecule has 2 aliphatic rings. The fourth-order valence-electron chi connectivity index (χ4n) is 4.05. The third-order valence-electron chi connectivity index (χ3n) is 5.11. The molecule has 0 radical (unpaired) electrons. The molecule has 1 aliphatic heterocycles. The van der Waals surface area contributed by atoms with Gasteiger partial charge in [0, 0.05) is 37.7 Å². The fraction of sp³-hybridized carbons (Fsp3) is 0.765. The second-order valence-electron chi connectivity index (χ2n) is 6.58. The van der Waals surface area contributed by atoms with E-state index in [-0.39, 0.29) is 0 Å². The number of likely N-dealkylation sites (tertiary alicyclic amines) is 1. The van der Waals surface area contributed by atoms with Gasteiger partial charge in [-0.1, -0.05) is 13.3 Å². The van der Waals surface area contributed by atoms with E-state index in [9.17, 15) is 4.79 Å². The Hall–Kier alpha value is -1.16. The quantitative estimate of drug-likeness (QED) is 0.836. The molecule has 0 amide bonds. The summed E-state index contributed by atoms with van der Waals surface area (Å²) in [6.07, 6.45) is 11.8. The number of rotatable bonds is 5. The van der Waals surface area contributed by atoms with Gasteiger partial charge in [-0.15, -0.1) is 0 Å². The van der Waals surface area contributed by atoms with Crippen LogP contribution >= 0.6 is 0 Å². The first-order valence-electron chi connectivity index (χ1n) is 8.55. The topological polar surface area (TPSA) is 38.1 Å². The van der Waals surface area contributed by atoms with Crippen molar-refractivity contribution in [3.63, 3.8) is 0 Å². The van der Waals surface area contributed by atoms with Crippen molar-refractivity contribution in [1.82, 2.24) is 14.5 Å². The van der Waals surface area contributed by atoms with Crippen molar-refractivity contribution >= 4 is 5.78 Å². The summed E-state index contributed by atoms with van der Waals surface area (Å²) in [5.74, 6) is 0.807. The summed E-state index contributed by atoms with van der Waals surface area (Å²) in [5.41, 5.74) is 1.30. The number of piperidine rings is 1. The van der Waals surface area contributed by atoms with Crippen molar-refractivity contribution in [2.45, 2.75) is 71.0 Å². The van der Waals surface area contributed by atoms with Gasteiger partial charge in [0.15, 0.2) is 0 Å². The molecule has 3 rings (SSSR count). The highest BCUT2D eigenvalue weighted by atomic mass is 16.1. The highest BCUT2D eigenvalue weighted by Gasteiger charge is 2.36. The number of carbonyl (C=O) groups excluding carboxylic acids is 1. The molecule has 1 aromatic heterocycles. The zero-order chi connectivity index (χ0) is 14.7. The molecule has 4 nitrogen and oxygen atoms in total. The Kier molecular flexibility index (Phi) is 4.73. The van der Waals surface area contributed by atoms with Crippen LogP contribution in [0.2, 0.25) is 0 Å². The van der Waals surface area contributed by atoms with Crippen LogP contribution in [0.25, 0.3) is 0 Å². The average Bonchev–Trinajstić information content (AvgIpc) is 3.10. The summed E-state index contributed by atoms with van der Waals surface area (Å²) in [4.78, 5) is 19.0. The smallest absolute Gasteiger partial charge is 0.137 e. The van der Waals surface area contributed by atoms with Crippen LogP contribution < -0.4 is 0 Å². The lowest BCUT2D eigenvalue weighted by atomic mass is 9.88. The van der Waals surface area contributed by atoms with Crippen LogP contribution in [0.15, 0.2) is 12.5 Å². The molecule has 0 aromatic carbocycles. The summed E-state index contributed by atoms with van der Waals surface area (Å²) in [6.45, 7) is 5.32. The molecule has 2 heterocycles. The number of imidazole rings is 1. The van der Waals surface area contributed by atoms with Crippen LogP contribution in [0, 0.1) is 5.92 Å². The molecular formula is C17H27N3O. The van der Waals surface area contributed by atoms with E-state index in [1.54, 1.807) is 0 Å². The van der Waals surface area contributed by atoms with Gasteiger partial charge >= 0.3 is 0 Å². The Morgan fingerprint density at radius 2 is 2.19 bits per heavy atom. The average molecular weight is 289 g/mol. The second kappa shape index (κ2) is 6.73. The second-order valence-corrected chi connectivity index (χ2v) is 6.58. The molecule has 1 saturated heterocycles. The minimum absolute atomic E-state index is 0.299. The maximum Gasteiger partial charge on any atom is 0.137 e. The number of ketones is 1. The molecule has 4 heteroatoms. The number of carbonyl (C=O) groups is 1. The van der Waals surface area contributed by atoms with Crippen LogP contribution in [0.4, 0.5) is 0 Å². The Labute approximate surface area is 127 Å². The predicted octanol–water partition coefficient (Wildman–Crippen LogP) is 3.02. The van der Waals surface area contributed by atoms with Crippen molar-refractivity contribution in [1.29, 1.82) is 0 Å². The summed E-state index contributed by atoms with van der Waals surface area (Å²) >= 11 is 0. The molecule has 1 saturated carbocycles. The maximum atomic E-state index is 12.1. The SMILES string of the molecule is CCCn1cncc1CN1CCCCC1C1CCCC1=O. The lowest BCUT2D eigenvalue weighted by molar-refractivity contribution is -0.123. The summed E-state index contributed by atoms with van der Waals surface area (Å²) in [6, 6.07) is 0.471. The normalized spacial score (nSPS) is 27.4. The molecule has 0 N–H and O–H groups in total. The summed E-state index contributed by atoms with van der Waals surface area (Å²) in [5, 5.41) is 0. The van der Waals surface area contributed by atoms with E-state index in [1.165, 1.54) is 25.0 Å². The number of aryl methyl sites for hydroxylation is 1. The Morgan fingerprint density at radius 1 is 1.29 bits per heavy atom. The van der Waals surface area contributed by atoms with Crippen molar-refractivity contribution in [3.05, 3.63) is 18.2 Å². The van der Waals surface area contributed by atoms with Gasteiger partial charge in [0.05, 0.1) is 12.0 Å². The first kappa shape index (κ1) is 14.8. The molecule has 21 heavy (non-hydrogen) atoms. The Morgan fingerprint density at radius 3 is 2.95 bits per heavy atom. The van der Waals surface area contributed by atoms with E-state index >= 15 is 0 Å². The van der Waals surface area contributed by atoms with Gasteiger partial charge in [0.1, 0.15) is 5.78 Å². The highest BCUT2D eigenvalue weighted by Crippen LogP contribution is 2.33. The van der Waals surface area contributed by atoms with Gasteiger partial charge in [-0.3, -0.25) is 9.69 Å². The van der Waals surface area contributed by atoms with E-state index in [0.29, 0.717) is 17.7 Å². The van der Waals surface area contributed by atoms with E-state index in [4.69, 9.17) is 0 Å².